The van der Waals surface area contributed by atoms with E-state index in [1.54, 1.807) is 30.4 Å². The van der Waals surface area contributed by atoms with Gasteiger partial charge in [0.2, 0.25) is 10.0 Å². The summed E-state index contributed by atoms with van der Waals surface area (Å²) in [4.78, 5) is 13.9. The molecule has 2 aromatic rings. The molecule has 1 N–H and O–H groups in total. The second kappa shape index (κ2) is 8.33. The quantitative estimate of drug-likeness (QED) is 0.821. The van der Waals surface area contributed by atoms with Crippen LogP contribution in [-0.2, 0) is 16.4 Å². The molecule has 0 atom stereocenters. The summed E-state index contributed by atoms with van der Waals surface area (Å²) in [7, 11) is -3.55. The molecule has 0 radical (unpaired) electrons. The van der Waals surface area contributed by atoms with Gasteiger partial charge >= 0.3 is 0 Å². The Kier molecular flexibility index (Phi) is 6.11. The van der Waals surface area contributed by atoms with Gasteiger partial charge in [0.05, 0.1) is 4.90 Å². The molecule has 140 valence electrons. The van der Waals surface area contributed by atoms with Gasteiger partial charge in [-0.3, -0.25) is 4.79 Å². The third kappa shape index (κ3) is 4.34. The number of carbonyl (C=O) groups is 1. The van der Waals surface area contributed by atoms with Crippen molar-refractivity contribution in [1.82, 2.24) is 9.62 Å². The highest BCUT2D eigenvalue weighted by molar-refractivity contribution is 7.89. The van der Waals surface area contributed by atoms with Gasteiger partial charge < -0.3 is 5.32 Å². The lowest BCUT2D eigenvalue weighted by molar-refractivity contribution is 0.0954. The first-order valence-corrected chi connectivity index (χ1v) is 11.2. The van der Waals surface area contributed by atoms with E-state index in [9.17, 15) is 13.2 Å². The number of benzene rings is 1. The summed E-state index contributed by atoms with van der Waals surface area (Å²) in [6.07, 6.45) is 3.62. The Morgan fingerprint density at radius 3 is 2.65 bits per heavy atom. The van der Waals surface area contributed by atoms with Crippen LogP contribution in [0.3, 0.4) is 0 Å². The van der Waals surface area contributed by atoms with E-state index in [0.29, 0.717) is 30.8 Å². The number of nitrogens with zero attached hydrogens (tertiary/aromatic N) is 1. The van der Waals surface area contributed by atoms with Crippen molar-refractivity contribution in [2.24, 2.45) is 0 Å². The molecule has 3 rings (SSSR count). The van der Waals surface area contributed by atoms with E-state index in [0.717, 1.165) is 25.7 Å². The van der Waals surface area contributed by atoms with Gasteiger partial charge in [-0.15, -0.1) is 11.3 Å². The zero-order chi connectivity index (χ0) is 18.6. The Morgan fingerprint density at radius 1 is 1.19 bits per heavy atom. The summed E-state index contributed by atoms with van der Waals surface area (Å²) in [5.41, 5.74) is 1.06. The molecule has 1 aliphatic rings. The van der Waals surface area contributed by atoms with Crippen LogP contribution in [0.4, 0.5) is 0 Å². The van der Waals surface area contributed by atoms with Crippen LogP contribution in [0.5, 0.6) is 0 Å². The van der Waals surface area contributed by atoms with E-state index in [2.05, 4.69) is 5.32 Å². The average Bonchev–Trinajstić information content (AvgIpc) is 3.16. The van der Waals surface area contributed by atoms with Crippen molar-refractivity contribution in [3.05, 3.63) is 51.7 Å². The minimum atomic E-state index is -3.55. The second-order valence-corrected chi connectivity index (χ2v) is 9.47. The molecule has 0 saturated carbocycles. The number of sulfonamides is 1. The molecule has 2 heterocycles. The fourth-order valence-electron chi connectivity index (χ4n) is 3.12. The first kappa shape index (κ1) is 19.1. The van der Waals surface area contributed by atoms with Crippen molar-refractivity contribution in [1.29, 1.82) is 0 Å². The smallest absolute Gasteiger partial charge is 0.251 e. The topological polar surface area (TPSA) is 66.5 Å². The molecule has 1 saturated heterocycles. The van der Waals surface area contributed by atoms with Crippen LogP contribution in [0.1, 0.15) is 40.1 Å². The predicted octanol–water partition coefficient (Wildman–Crippen LogP) is 3.20. The number of nitrogens with one attached hydrogen (secondary N) is 1. The molecule has 1 aromatic heterocycles. The third-order valence-corrected chi connectivity index (χ3v) is 7.60. The fraction of sp³-hybridized carbons (Fsp3) is 0.421. The molecule has 0 spiro atoms. The minimum absolute atomic E-state index is 0.239. The highest BCUT2D eigenvalue weighted by atomic mass is 32.2. The summed E-state index contributed by atoms with van der Waals surface area (Å²) >= 11 is 1.66. The van der Waals surface area contributed by atoms with Crippen LogP contribution < -0.4 is 5.32 Å². The van der Waals surface area contributed by atoms with Crippen molar-refractivity contribution < 1.29 is 13.2 Å². The molecule has 0 aliphatic carbocycles. The van der Waals surface area contributed by atoms with E-state index in [1.807, 2.05) is 17.5 Å². The monoisotopic (exact) mass is 392 g/mol. The average molecular weight is 393 g/mol. The maximum Gasteiger partial charge on any atom is 0.251 e. The highest BCUT2D eigenvalue weighted by Gasteiger charge is 2.28. The number of thiophene rings is 1. The molecule has 26 heavy (non-hydrogen) atoms. The number of rotatable bonds is 6. The molecule has 1 aliphatic heterocycles. The van der Waals surface area contributed by atoms with Crippen LogP contribution in [0, 0.1) is 6.92 Å². The second-order valence-electron chi connectivity index (χ2n) is 6.53. The summed E-state index contributed by atoms with van der Waals surface area (Å²) in [5.74, 6) is -0.239. The molecule has 1 aromatic carbocycles. The van der Waals surface area contributed by atoms with E-state index < -0.39 is 10.0 Å². The lowest BCUT2D eigenvalue weighted by Crippen LogP contribution is -2.36. The normalized spacial score (nSPS) is 15.7. The van der Waals surface area contributed by atoms with Crippen LogP contribution in [0.2, 0.25) is 0 Å². The van der Waals surface area contributed by atoms with Gasteiger partial charge in [0.1, 0.15) is 0 Å². The molecular formula is C19H24N2O3S2. The van der Waals surface area contributed by atoms with Crippen molar-refractivity contribution >= 4 is 27.3 Å². The summed E-state index contributed by atoms with van der Waals surface area (Å²) < 4.78 is 27.4. The zero-order valence-electron chi connectivity index (χ0n) is 14.9. The summed E-state index contributed by atoms with van der Waals surface area (Å²) in [5, 5.41) is 4.88. The largest absolute Gasteiger partial charge is 0.352 e. The van der Waals surface area contributed by atoms with Crippen molar-refractivity contribution in [2.45, 2.75) is 37.5 Å². The molecule has 0 bridgehead atoms. The molecule has 0 unspecified atom stereocenters. The van der Waals surface area contributed by atoms with Gasteiger partial charge in [-0.25, -0.2) is 8.42 Å². The first-order chi connectivity index (χ1) is 12.5. The molecular weight excluding hydrogens is 368 g/mol. The number of aryl methyl sites for hydroxylation is 1. The van der Waals surface area contributed by atoms with Crippen LogP contribution in [0.25, 0.3) is 0 Å². The number of amides is 1. The van der Waals surface area contributed by atoms with Gasteiger partial charge in [0.15, 0.2) is 0 Å². The van der Waals surface area contributed by atoms with E-state index in [1.165, 1.54) is 15.2 Å². The Balaban J connectivity index is 1.73. The van der Waals surface area contributed by atoms with Crippen LogP contribution in [0.15, 0.2) is 40.6 Å². The number of hydrogen-bond acceptors (Lipinski definition) is 4. The summed E-state index contributed by atoms with van der Waals surface area (Å²) in [6, 6.07) is 8.93. The highest BCUT2D eigenvalue weighted by Crippen LogP contribution is 2.24. The standard InChI is InChI=1S/C19H24N2O3S2/c1-15-7-8-16(19(22)20-10-9-17-6-5-13-25-17)14-18(15)26(23,24)21-11-3-2-4-12-21/h5-8,13-14H,2-4,9-12H2,1H3,(H,20,22). The lowest BCUT2D eigenvalue weighted by atomic mass is 10.1. The number of carbonyl (C=O) groups excluding carboxylic acids is 1. The van der Waals surface area contributed by atoms with Crippen molar-refractivity contribution in [2.75, 3.05) is 19.6 Å². The predicted molar refractivity (Wildman–Crippen MR) is 104 cm³/mol. The Hall–Kier alpha value is -1.70. The van der Waals surface area contributed by atoms with E-state index in [-0.39, 0.29) is 10.8 Å². The third-order valence-electron chi connectivity index (χ3n) is 4.62. The summed E-state index contributed by atoms with van der Waals surface area (Å²) in [6.45, 7) is 3.41. The molecule has 1 amide bonds. The van der Waals surface area contributed by atoms with Gasteiger partial charge in [0, 0.05) is 30.1 Å². The maximum absolute atomic E-state index is 12.9. The Labute approximate surface area is 159 Å². The van der Waals surface area contributed by atoms with Gasteiger partial charge in [-0.2, -0.15) is 4.31 Å². The zero-order valence-corrected chi connectivity index (χ0v) is 16.5. The van der Waals surface area contributed by atoms with Crippen molar-refractivity contribution in [3.8, 4) is 0 Å². The lowest BCUT2D eigenvalue weighted by Gasteiger charge is -2.26. The van der Waals surface area contributed by atoms with Crippen LogP contribution >= 0.6 is 11.3 Å². The van der Waals surface area contributed by atoms with Crippen LogP contribution in [-0.4, -0.2) is 38.3 Å². The Morgan fingerprint density at radius 2 is 1.96 bits per heavy atom. The molecule has 7 heteroatoms. The molecule has 1 fully saturated rings. The van der Waals surface area contributed by atoms with E-state index in [4.69, 9.17) is 0 Å². The number of hydrogen-bond donors (Lipinski definition) is 1. The SMILES string of the molecule is Cc1ccc(C(=O)NCCc2cccs2)cc1S(=O)(=O)N1CCCCC1. The maximum atomic E-state index is 12.9. The van der Waals surface area contributed by atoms with Gasteiger partial charge in [-0.05, 0) is 55.3 Å². The number of piperidine rings is 1. The minimum Gasteiger partial charge on any atom is -0.352 e. The first-order valence-electron chi connectivity index (χ1n) is 8.90. The Bertz CT molecular complexity index is 855. The van der Waals surface area contributed by atoms with Gasteiger partial charge in [0.25, 0.3) is 5.91 Å². The van der Waals surface area contributed by atoms with E-state index >= 15 is 0 Å². The fourth-order valence-corrected chi connectivity index (χ4v) is 5.60. The molecule has 5 nitrogen and oxygen atoms in total. The van der Waals surface area contributed by atoms with Crippen molar-refractivity contribution in [3.63, 3.8) is 0 Å². The van der Waals surface area contributed by atoms with Gasteiger partial charge in [-0.1, -0.05) is 18.6 Å².